The van der Waals surface area contributed by atoms with Crippen LogP contribution in [-0.4, -0.2) is 28.5 Å². The number of fused-ring (bicyclic) bond motifs is 1. The highest BCUT2D eigenvalue weighted by molar-refractivity contribution is 5.94. The van der Waals surface area contributed by atoms with E-state index in [0.717, 1.165) is 30.5 Å². The summed E-state index contributed by atoms with van der Waals surface area (Å²) in [5.74, 6) is -0.221. The first kappa shape index (κ1) is 22.1. The molecule has 0 fully saturated rings. The lowest BCUT2D eigenvalue weighted by atomic mass is 9.92. The third-order valence-electron chi connectivity index (χ3n) is 5.49. The normalized spacial score (nSPS) is 15.9. The number of amides is 1. The number of ether oxygens (including phenoxy) is 1. The number of hydrogen-bond donors (Lipinski definition) is 1. The van der Waals surface area contributed by atoms with E-state index in [-0.39, 0.29) is 18.6 Å². The molecule has 8 heteroatoms. The van der Waals surface area contributed by atoms with Crippen molar-refractivity contribution < 1.29 is 22.7 Å². The van der Waals surface area contributed by atoms with E-state index < -0.39 is 12.8 Å². The number of benzene rings is 2. The average molecular weight is 443 g/mol. The molecule has 1 aliphatic carbocycles. The van der Waals surface area contributed by atoms with Crippen LogP contribution in [0.4, 0.5) is 13.2 Å². The van der Waals surface area contributed by atoms with Gasteiger partial charge < -0.3 is 10.1 Å². The van der Waals surface area contributed by atoms with Gasteiger partial charge in [0.1, 0.15) is 6.61 Å². The summed E-state index contributed by atoms with van der Waals surface area (Å²) in [6, 6.07) is 16.4. The van der Waals surface area contributed by atoms with Gasteiger partial charge in [-0.2, -0.15) is 18.3 Å². The second-order valence-electron chi connectivity index (χ2n) is 7.91. The highest BCUT2D eigenvalue weighted by atomic mass is 19.4. The molecule has 2 aromatic carbocycles. The number of alkyl halides is 3. The van der Waals surface area contributed by atoms with E-state index in [2.05, 4.69) is 27.3 Å². The van der Waals surface area contributed by atoms with Crippen LogP contribution in [0.1, 0.15) is 51.6 Å². The van der Waals surface area contributed by atoms with Gasteiger partial charge in [0.05, 0.1) is 25.4 Å². The topological polar surface area (TPSA) is 56.2 Å². The van der Waals surface area contributed by atoms with Crippen molar-refractivity contribution in [3.8, 4) is 0 Å². The van der Waals surface area contributed by atoms with Crippen LogP contribution in [-0.2, 0) is 24.3 Å². The van der Waals surface area contributed by atoms with E-state index in [1.807, 2.05) is 29.1 Å². The Morgan fingerprint density at radius 2 is 1.84 bits per heavy atom. The Balaban J connectivity index is 1.38. The Morgan fingerprint density at radius 3 is 2.56 bits per heavy atom. The molecule has 1 unspecified atom stereocenters. The second-order valence-corrected chi connectivity index (χ2v) is 7.91. The fourth-order valence-electron chi connectivity index (χ4n) is 3.94. The zero-order valence-electron chi connectivity index (χ0n) is 17.4. The molecule has 0 aliphatic heterocycles. The van der Waals surface area contributed by atoms with Crippen LogP contribution >= 0.6 is 0 Å². The van der Waals surface area contributed by atoms with Crippen molar-refractivity contribution in [1.82, 2.24) is 15.1 Å². The van der Waals surface area contributed by atoms with E-state index in [1.165, 1.54) is 5.56 Å². The molecule has 3 aromatic rings. The maximum Gasteiger partial charge on any atom is 0.411 e. The summed E-state index contributed by atoms with van der Waals surface area (Å²) in [5, 5.41) is 7.63. The van der Waals surface area contributed by atoms with E-state index in [1.54, 1.807) is 24.3 Å². The monoisotopic (exact) mass is 443 g/mol. The lowest BCUT2D eigenvalue weighted by molar-refractivity contribution is -0.176. The Hall–Kier alpha value is -3.13. The Labute approximate surface area is 184 Å². The number of halogens is 3. The molecule has 4 rings (SSSR count). The van der Waals surface area contributed by atoms with Gasteiger partial charge in [0, 0.05) is 16.8 Å². The van der Waals surface area contributed by atoms with Gasteiger partial charge in [-0.05, 0) is 42.5 Å². The number of nitrogens with one attached hydrogen (secondary N) is 1. The maximum absolute atomic E-state index is 12.8. The smallest absolute Gasteiger partial charge is 0.367 e. The van der Waals surface area contributed by atoms with Gasteiger partial charge in [-0.15, -0.1) is 0 Å². The molecule has 0 bridgehead atoms. The Morgan fingerprint density at radius 1 is 1.09 bits per heavy atom. The molecule has 1 N–H and O–H groups in total. The third-order valence-corrected chi connectivity index (χ3v) is 5.49. The molecular formula is C24H24F3N3O2. The number of hydrogen-bond acceptors (Lipinski definition) is 3. The molecule has 1 amide bonds. The van der Waals surface area contributed by atoms with Crippen molar-refractivity contribution in [2.45, 2.75) is 44.6 Å². The first-order valence-corrected chi connectivity index (χ1v) is 10.5. The Bertz CT molecular complexity index is 1050. The quantitative estimate of drug-likeness (QED) is 0.570. The van der Waals surface area contributed by atoms with Crippen LogP contribution < -0.4 is 5.32 Å². The van der Waals surface area contributed by atoms with Crippen molar-refractivity contribution in [3.05, 3.63) is 88.7 Å². The van der Waals surface area contributed by atoms with Gasteiger partial charge in [-0.25, -0.2) is 0 Å². The van der Waals surface area contributed by atoms with Crippen LogP contribution in [0.2, 0.25) is 0 Å². The number of carbonyl (C=O) groups excluding carboxylic acids is 1. The molecule has 168 valence electrons. The van der Waals surface area contributed by atoms with E-state index >= 15 is 0 Å². The molecule has 1 aromatic heterocycles. The summed E-state index contributed by atoms with van der Waals surface area (Å²) in [4.78, 5) is 12.8. The predicted octanol–water partition coefficient (Wildman–Crippen LogP) is 4.82. The molecule has 0 radical (unpaired) electrons. The second kappa shape index (κ2) is 9.56. The van der Waals surface area contributed by atoms with Crippen molar-refractivity contribution in [2.24, 2.45) is 0 Å². The lowest BCUT2D eigenvalue weighted by Crippen LogP contribution is -2.31. The molecule has 32 heavy (non-hydrogen) atoms. The average Bonchev–Trinajstić information content (AvgIpc) is 3.18. The predicted molar refractivity (Wildman–Crippen MR) is 113 cm³/mol. The minimum atomic E-state index is -4.35. The largest absolute Gasteiger partial charge is 0.411 e. The lowest BCUT2D eigenvalue weighted by Gasteiger charge is -2.24. The standard InChI is InChI=1S/C24H24F3N3O2/c25-24(26,27)16-32-15-18-9-11-19(12-10-18)23(31)29-21-7-4-8-22-20(21)13-28-30(22)14-17-5-2-1-3-6-17/h1-3,5-6,9-13,21H,4,7-8,14-16H2,(H,29,31). The Kier molecular flexibility index (Phi) is 6.60. The number of rotatable bonds is 7. The number of aromatic nitrogens is 2. The van der Waals surface area contributed by atoms with Gasteiger partial charge in [0.25, 0.3) is 5.91 Å². The van der Waals surface area contributed by atoms with E-state index in [4.69, 9.17) is 0 Å². The van der Waals surface area contributed by atoms with Gasteiger partial charge >= 0.3 is 6.18 Å². The summed E-state index contributed by atoms with van der Waals surface area (Å²) in [6.07, 6.45) is 0.186. The summed E-state index contributed by atoms with van der Waals surface area (Å²) >= 11 is 0. The molecule has 1 heterocycles. The summed E-state index contributed by atoms with van der Waals surface area (Å²) in [6.45, 7) is -0.764. The van der Waals surface area contributed by atoms with E-state index in [0.29, 0.717) is 17.7 Å². The molecule has 0 saturated heterocycles. The van der Waals surface area contributed by atoms with Gasteiger partial charge in [0.2, 0.25) is 0 Å². The minimum Gasteiger partial charge on any atom is -0.367 e. The van der Waals surface area contributed by atoms with Crippen LogP contribution in [0.15, 0.2) is 60.8 Å². The van der Waals surface area contributed by atoms with Crippen LogP contribution in [0.3, 0.4) is 0 Å². The minimum absolute atomic E-state index is 0.120. The van der Waals surface area contributed by atoms with E-state index in [9.17, 15) is 18.0 Å². The van der Waals surface area contributed by atoms with Crippen LogP contribution in [0.5, 0.6) is 0 Å². The molecule has 5 nitrogen and oxygen atoms in total. The zero-order valence-corrected chi connectivity index (χ0v) is 17.4. The molecular weight excluding hydrogens is 419 g/mol. The molecule has 0 spiro atoms. The number of carbonyl (C=O) groups is 1. The van der Waals surface area contributed by atoms with Gasteiger partial charge in [-0.3, -0.25) is 9.48 Å². The molecule has 1 aliphatic rings. The maximum atomic E-state index is 12.8. The first-order chi connectivity index (χ1) is 15.4. The zero-order chi connectivity index (χ0) is 22.6. The third kappa shape index (κ3) is 5.56. The van der Waals surface area contributed by atoms with Gasteiger partial charge in [0.15, 0.2) is 0 Å². The fourth-order valence-corrected chi connectivity index (χ4v) is 3.94. The first-order valence-electron chi connectivity index (χ1n) is 10.5. The van der Waals surface area contributed by atoms with Crippen LogP contribution in [0.25, 0.3) is 0 Å². The number of nitrogens with zero attached hydrogens (tertiary/aromatic N) is 2. The van der Waals surface area contributed by atoms with Crippen molar-refractivity contribution in [2.75, 3.05) is 6.61 Å². The highest BCUT2D eigenvalue weighted by Gasteiger charge is 2.28. The SMILES string of the molecule is O=C(NC1CCCc2c1cnn2Cc1ccccc1)c1ccc(COCC(F)(F)F)cc1. The summed E-state index contributed by atoms with van der Waals surface area (Å²) in [7, 11) is 0. The molecule has 0 saturated carbocycles. The van der Waals surface area contributed by atoms with Crippen molar-refractivity contribution >= 4 is 5.91 Å². The summed E-state index contributed by atoms with van der Waals surface area (Å²) < 4.78 is 43.2. The molecule has 1 atom stereocenters. The van der Waals surface area contributed by atoms with Crippen LogP contribution in [0, 0.1) is 0 Å². The fraction of sp³-hybridized carbons (Fsp3) is 0.333. The van der Waals surface area contributed by atoms with Crippen molar-refractivity contribution in [1.29, 1.82) is 0 Å². The van der Waals surface area contributed by atoms with Crippen molar-refractivity contribution in [3.63, 3.8) is 0 Å². The highest BCUT2D eigenvalue weighted by Crippen LogP contribution is 2.30. The van der Waals surface area contributed by atoms with Gasteiger partial charge in [-0.1, -0.05) is 42.5 Å². The summed E-state index contributed by atoms with van der Waals surface area (Å²) in [5.41, 5.74) is 4.38.